The first-order valence-electron chi connectivity index (χ1n) is 8.61. The van der Waals surface area contributed by atoms with Gasteiger partial charge in [-0.15, -0.1) is 0 Å². The van der Waals surface area contributed by atoms with Gasteiger partial charge in [-0.05, 0) is 43.5 Å². The van der Waals surface area contributed by atoms with Crippen molar-refractivity contribution in [3.8, 4) is 0 Å². The van der Waals surface area contributed by atoms with Gasteiger partial charge in [0, 0.05) is 18.3 Å². The molecule has 3 aromatic heterocycles. The number of pyridine rings is 1. The molecule has 146 valence electrons. The lowest BCUT2D eigenvalue weighted by Crippen LogP contribution is -2.25. The van der Waals surface area contributed by atoms with Crippen LogP contribution in [0.25, 0.3) is 5.65 Å². The summed E-state index contributed by atoms with van der Waals surface area (Å²) in [6, 6.07) is 7.19. The highest BCUT2D eigenvalue weighted by Gasteiger charge is 2.30. The Bertz CT molecular complexity index is 1220. The molecule has 9 nitrogen and oxygen atoms in total. The summed E-state index contributed by atoms with van der Waals surface area (Å²) in [6.07, 6.45) is 3.17. The first-order valence-corrected chi connectivity index (χ1v) is 10.1. The van der Waals surface area contributed by atoms with Gasteiger partial charge in [0.05, 0.1) is 5.69 Å². The summed E-state index contributed by atoms with van der Waals surface area (Å²) in [5.41, 5.74) is 1.26. The van der Waals surface area contributed by atoms with Crippen LogP contribution >= 0.6 is 0 Å². The molecule has 0 bridgehead atoms. The number of esters is 1. The number of nitrogens with zero attached hydrogens (tertiary/aromatic N) is 2. The van der Waals surface area contributed by atoms with E-state index in [0.29, 0.717) is 5.65 Å². The molecule has 1 aliphatic carbocycles. The maximum atomic E-state index is 12.2. The molecule has 0 atom stereocenters. The van der Waals surface area contributed by atoms with E-state index in [2.05, 4.69) is 9.71 Å². The zero-order chi connectivity index (χ0) is 19.9. The van der Waals surface area contributed by atoms with Crippen molar-refractivity contribution in [2.45, 2.75) is 37.5 Å². The number of hydrogen-bond acceptors (Lipinski definition) is 7. The molecule has 1 saturated carbocycles. The number of rotatable bonds is 6. The fourth-order valence-electron chi connectivity index (χ4n) is 2.65. The lowest BCUT2D eigenvalue weighted by Gasteiger charge is -2.06. The Morgan fingerprint density at radius 1 is 1.36 bits per heavy atom. The molecule has 10 heteroatoms. The minimum Gasteiger partial charge on any atom is -0.453 e. The summed E-state index contributed by atoms with van der Waals surface area (Å²) in [7, 11) is -3.79. The highest BCUT2D eigenvalue weighted by atomic mass is 32.2. The summed E-state index contributed by atoms with van der Waals surface area (Å²) >= 11 is 0. The molecule has 1 aliphatic rings. The number of hydrogen-bond donors (Lipinski definition) is 1. The van der Waals surface area contributed by atoms with E-state index in [1.54, 1.807) is 12.3 Å². The zero-order valence-electron chi connectivity index (χ0n) is 14.9. The predicted octanol–water partition coefficient (Wildman–Crippen LogP) is 1.39. The van der Waals surface area contributed by atoms with Crippen molar-refractivity contribution < 1.29 is 22.4 Å². The Hall–Kier alpha value is -2.98. The van der Waals surface area contributed by atoms with Crippen molar-refractivity contribution in [3.05, 3.63) is 63.9 Å². The summed E-state index contributed by atoms with van der Waals surface area (Å²) in [5.74, 6) is -1.09. The molecule has 0 aliphatic heterocycles. The number of aromatic nitrogens is 2. The van der Waals surface area contributed by atoms with E-state index in [1.165, 1.54) is 22.6 Å². The molecule has 0 amide bonds. The van der Waals surface area contributed by atoms with E-state index in [0.717, 1.165) is 18.4 Å². The second kappa shape index (κ2) is 6.88. The molecule has 1 N–H and O–H groups in total. The average molecular weight is 403 g/mol. The number of sulfonamides is 1. The first-order chi connectivity index (χ1) is 13.3. The lowest BCUT2D eigenvalue weighted by atomic mass is 10.3. The van der Waals surface area contributed by atoms with E-state index < -0.39 is 16.0 Å². The van der Waals surface area contributed by atoms with Crippen molar-refractivity contribution in [1.29, 1.82) is 0 Å². The second-order valence-corrected chi connectivity index (χ2v) is 8.21. The van der Waals surface area contributed by atoms with Gasteiger partial charge in [-0.25, -0.2) is 22.9 Å². The van der Waals surface area contributed by atoms with Gasteiger partial charge in [0.25, 0.3) is 15.6 Å². The maximum absolute atomic E-state index is 12.2. The molecule has 0 aromatic carbocycles. The molecule has 3 heterocycles. The molecular formula is C18H17N3O6S. The van der Waals surface area contributed by atoms with Crippen LogP contribution in [-0.4, -0.2) is 29.8 Å². The van der Waals surface area contributed by atoms with E-state index in [1.807, 2.05) is 13.0 Å². The summed E-state index contributed by atoms with van der Waals surface area (Å²) in [6.45, 7) is 1.57. The average Bonchev–Trinajstić information content (AvgIpc) is 3.30. The lowest BCUT2D eigenvalue weighted by molar-refractivity contribution is 0.0425. The number of nitrogens with one attached hydrogen (secondary N) is 1. The standard InChI is InChI=1S/C18H17N3O6S/c1-11-3-2-8-21-15(22)9-13(19-17(11)21)10-26-18(23)14-6-7-16(27-14)28(24,25)20-12-4-5-12/h2-3,6-9,12,20H,4-5,10H2,1H3. The van der Waals surface area contributed by atoms with E-state index in [9.17, 15) is 18.0 Å². The number of furan rings is 1. The summed E-state index contributed by atoms with van der Waals surface area (Å²) in [5, 5.41) is -0.343. The summed E-state index contributed by atoms with van der Waals surface area (Å²) in [4.78, 5) is 28.7. The van der Waals surface area contributed by atoms with Crippen molar-refractivity contribution >= 4 is 21.6 Å². The minimum absolute atomic E-state index is 0.0768. The van der Waals surface area contributed by atoms with Crippen LogP contribution < -0.4 is 10.3 Å². The van der Waals surface area contributed by atoms with Gasteiger partial charge in [0.1, 0.15) is 12.3 Å². The molecule has 28 heavy (non-hydrogen) atoms. The molecular weight excluding hydrogens is 386 g/mol. The smallest absolute Gasteiger partial charge is 0.374 e. The van der Waals surface area contributed by atoms with Crippen LogP contribution in [0.1, 0.15) is 34.7 Å². The number of aryl methyl sites for hydroxylation is 1. The van der Waals surface area contributed by atoms with Gasteiger partial charge in [-0.1, -0.05) is 6.07 Å². The van der Waals surface area contributed by atoms with Crippen LogP contribution in [0.5, 0.6) is 0 Å². The van der Waals surface area contributed by atoms with Crippen molar-refractivity contribution in [2.24, 2.45) is 0 Å². The van der Waals surface area contributed by atoms with Crippen molar-refractivity contribution in [2.75, 3.05) is 0 Å². The quantitative estimate of drug-likeness (QED) is 0.618. The van der Waals surface area contributed by atoms with Crippen LogP contribution in [0.3, 0.4) is 0 Å². The number of carbonyl (C=O) groups excluding carboxylic acids is 1. The third-order valence-electron chi connectivity index (χ3n) is 4.24. The van der Waals surface area contributed by atoms with Crippen LogP contribution in [0, 0.1) is 6.92 Å². The molecule has 3 aromatic rings. The molecule has 0 radical (unpaired) electrons. The maximum Gasteiger partial charge on any atom is 0.374 e. The number of ether oxygens (including phenoxy) is 1. The Morgan fingerprint density at radius 2 is 2.14 bits per heavy atom. The molecule has 0 unspecified atom stereocenters. The SMILES string of the molecule is Cc1cccn2c(=O)cc(COC(=O)c3ccc(S(=O)(=O)NC4CC4)o3)nc12. The third kappa shape index (κ3) is 3.69. The van der Waals surface area contributed by atoms with Crippen LogP contribution in [0.4, 0.5) is 0 Å². The van der Waals surface area contributed by atoms with E-state index in [-0.39, 0.29) is 34.8 Å². The normalized spacial score (nSPS) is 14.3. The molecule has 0 saturated heterocycles. The highest BCUT2D eigenvalue weighted by Crippen LogP contribution is 2.23. The topological polar surface area (TPSA) is 120 Å². The van der Waals surface area contributed by atoms with Crippen molar-refractivity contribution in [1.82, 2.24) is 14.1 Å². The van der Waals surface area contributed by atoms with Gasteiger partial charge in [0.15, 0.2) is 0 Å². The Kier molecular flexibility index (Phi) is 4.52. The summed E-state index contributed by atoms with van der Waals surface area (Å²) < 4.78 is 38.3. The zero-order valence-corrected chi connectivity index (χ0v) is 15.7. The van der Waals surface area contributed by atoms with E-state index in [4.69, 9.17) is 9.15 Å². The Morgan fingerprint density at radius 3 is 2.89 bits per heavy atom. The van der Waals surface area contributed by atoms with Crippen LogP contribution in [-0.2, 0) is 21.4 Å². The second-order valence-electron chi connectivity index (χ2n) is 6.56. The third-order valence-corrected chi connectivity index (χ3v) is 5.63. The fraction of sp³-hybridized carbons (Fsp3) is 0.278. The fourth-order valence-corrected chi connectivity index (χ4v) is 3.88. The van der Waals surface area contributed by atoms with Gasteiger partial charge in [-0.3, -0.25) is 9.20 Å². The van der Waals surface area contributed by atoms with Gasteiger partial charge < -0.3 is 9.15 Å². The van der Waals surface area contributed by atoms with Gasteiger partial charge in [-0.2, -0.15) is 0 Å². The number of fused-ring (bicyclic) bond motifs is 1. The highest BCUT2D eigenvalue weighted by molar-refractivity contribution is 7.89. The first kappa shape index (κ1) is 18.4. The van der Waals surface area contributed by atoms with Crippen molar-refractivity contribution in [3.63, 3.8) is 0 Å². The van der Waals surface area contributed by atoms with Gasteiger partial charge >= 0.3 is 5.97 Å². The molecule has 1 fully saturated rings. The van der Waals surface area contributed by atoms with Crippen LogP contribution in [0.15, 0.2) is 50.8 Å². The molecule has 0 spiro atoms. The molecule has 4 rings (SSSR count). The number of carbonyl (C=O) groups is 1. The predicted molar refractivity (Wildman–Crippen MR) is 97.4 cm³/mol. The largest absolute Gasteiger partial charge is 0.453 e. The Labute approximate surface area is 160 Å². The van der Waals surface area contributed by atoms with E-state index >= 15 is 0 Å². The monoisotopic (exact) mass is 403 g/mol. The van der Waals surface area contributed by atoms with Gasteiger partial charge in [0.2, 0.25) is 10.9 Å². The minimum atomic E-state index is -3.79. The van der Waals surface area contributed by atoms with Crippen LogP contribution in [0.2, 0.25) is 0 Å². The Balaban J connectivity index is 1.48.